The summed E-state index contributed by atoms with van der Waals surface area (Å²) in [5.41, 5.74) is 3.33. The molecule has 0 aliphatic heterocycles. The van der Waals surface area contributed by atoms with Crippen molar-refractivity contribution in [1.29, 1.82) is 0 Å². The van der Waals surface area contributed by atoms with Gasteiger partial charge in [-0.2, -0.15) is 0 Å². The van der Waals surface area contributed by atoms with Gasteiger partial charge in [0.2, 0.25) is 5.91 Å². The Morgan fingerprint density at radius 1 is 1.08 bits per heavy atom. The maximum absolute atomic E-state index is 13.0. The average molecular weight is 376 g/mol. The molecule has 0 spiro atoms. The maximum atomic E-state index is 13.0. The predicted molar refractivity (Wildman–Crippen MR) is 103 cm³/mol. The van der Waals surface area contributed by atoms with E-state index in [-0.39, 0.29) is 5.91 Å². The highest BCUT2D eigenvalue weighted by molar-refractivity contribution is 7.53. The zero-order valence-electron chi connectivity index (χ0n) is 15.4. The molecule has 3 atom stereocenters. The summed E-state index contributed by atoms with van der Waals surface area (Å²) in [5, 5.41) is 5.87. The molecule has 2 aromatic carbocycles. The van der Waals surface area contributed by atoms with E-state index in [4.69, 9.17) is 0 Å². The molecule has 0 aliphatic rings. The summed E-state index contributed by atoms with van der Waals surface area (Å²) in [6.45, 7) is 5.36. The molecule has 0 aliphatic carbocycles. The molecule has 7 heteroatoms. The van der Waals surface area contributed by atoms with E-state index in [1.54, 1.807) is 12.1 Å². The molecule has 0 saturated heterocycles. The van der Waals surface area contributed by atoms with E-state index in [0.29, 0.717) is 5.56 Å². The second-order valence-corrected chi connectivity index (χ2v) is 8.46. The van der Waals surface area contributed by atoms with Gasteiger partial charge in [-0.1, -0.05) is 48.5 Å². The number of para-hydroxylation sites is 1. The topological polar surface area (TPSA) is 87.7 Å². The molecule has 0 heterocycles. The van der Waals surface area contributed by atoms with Gasteiger partial charge in [-0.25, -0.2) is 0 Å². The SMILES string of the molecule is COP(=O)(O)C(C)NC(C(=O)Nc1c(C)cccc1C)c1ccccc1. The van der Waals surface area contributed by atoms with Crippen LogP contribution < -0.4 is 10.6 Å². The van der Waals surface area contributed by atoms with Gasteiger partial charge < -0.3 is 14.7 Å². The number of carbonyl (C=O) groups is 1. The molecule has 1 amide bonds. The Morgan fingerprint density at radius 2 is 1.65 bits per heavy atom. The van der Waals surface area contributed by atoms with E-state index in [9.17, 15) is 14.3 Å². The van der Waals surface area contributed by atoms with Gasteiger partial charge in [0.1, 0.15) is 11.8 Å². The van der Waals surface area contributed by atoms with E-state index < -0.39 is 19.4 Å². The number of hydrogen-bond acceptors (Lipinski definition) is 4. The molecular formula is C19H25N2O4P. The number of nitrogens with one attached hydrogen (secondary N) is 2. The van der Waals surface area contributed by atoms with E-state index in [1.165, 1.54) is 14.0 Å². The van der Waals surface area contributed by atoms with Crippen LogP contribution in [0.1, 0.15) is 29.7 Å². The molecule has 0 fully saturated rings. The van der Waals surface area contributed by atoms with Crippen LogP contribution in [0.4, 0.5) is 5.69 Å². The third-order valence-corrected chi connectivity index (χ3v) is 5.93. The normalized spacial score (nSPS) is 15.7. The van der Waals surface area contributed by atoms with Crippen molar-refractivity contribution < 1.29 is 18.8 Å². The Morgan fingerprint density at radius 3 is 2.19 bits per heavy atom. The summed E-state index contributed by atoms with van der Waals surface area (Å²) in [5.74, 6) is -1.22. The van der Waals surface area contributed by atoms with Crippen LogP contribution in [0.3, 0.4) is 0 Å². The van der Waals surface area contributed by atoms with E-state index in [0.717, 1.165) is 16.8 Å². The predicted octanol–water partition coefficient (Wildman–Crippen LogP) is 3.75. The molecule has 6 nitrogen and oxygen atoms in total. The number of aryl methyl sites for hydroxylation is 2. The van der Waals surface area contributed by atoms with Crippen molar-refractivity contribution in [2.45, 2.75) is 32.6 Å². The Balaban J connectivity index is 2.32. The van der Waals surface area contributed by atoms with E-state index in [1.807, 2.05) is 50.2 Å². The van der Waals surface area contributed by atoms with Crippen LogP contribution in [-0.2, 0) is 13.9 Å². The second kappa shape index (κ2) is 8.60. The molecule has 0 saturated carbocycles. The summed E-state index contributed by atoms with van der Waals surface area (Å²) in [4.78, 5) is 22.9. The van der Waals surface area contributed by atoms with Gasteiger partial charge in [-0.3, -0.25) is 14.7 Å². The number of rotatable bonds is 7. The molecule has 26 heavy (non-hydrogen) atoms. The standard InChI is InChI=1S/C19H25N2O4P/c1-13-9-8-10-14(2)17(13)21-19(22)18(16-11-6-5-7-12-16)20-15(3)26(23,24)25-4/h5-12,15,18,20H,1-4H3,(H,21,22)(H,23,24). The van der Waals surface area contributed by atoms with Crippen LogP contribution >= 0.6 is 7.60 Å². The minimum atomic E-state index is -3.87. The van der Waals surface area contributed by atoms with Crippen LogP contribution in [-0.4, -0.2) is 23.7 Å². The van der Waals surface area contributed by atoms with Crippen molar-refractivity contribution in [3.8, 4) is 0 Å². The summed E-state index contributed by atoms with van der Waals surface area (Å²) in [6, 6.07) is 14.0. The third kappa shape index (κ3) is 4.80. The Kier molecular flexibility index (Phi) is 6.73. The third-order valence-electron chi connectivity index (χ3n) is 4.28. The molecular weight excluding hydrogens is 351 g/mol. The van der Waals surface area contributed by atoms with Crippen molar-refractivity contribution in [2.24, 2.45) is 0 Å². The summed E-state index contributed by atoms with van der Waals surface area (Å²) in [7, 11) is -2.70. The van der Waals surface area contributed by atoms with Gasteiger partial charge in [-0.05, 0) is 37.5 Å². The summed E-state index contributed by atoms with van der Waals surface area (Å²) >= 11 is 0. The second-order valence-electron chi connectivity index (χ2n) is 6.19. The Hall–Kier alpha value is -1.98. The van der Waals surface area contributed by atoms with Crippen LogP contribution in [0.2, 0.25) is 0 Å². The number of amides is 1. The minimum absolute atomic E-state index is 0.309. The molecule has 0 aromatic heterocycles. The van der Waals surface area contributed by atoms with Crippen molar-refractivity contribution in [1.82, 2.24) is 5.32 Å². The number of benzene rings is 2. The highest BCUT2D eigenvalue weighted by Crippen LogP contribution is 2.45. The number of anilines is 1. The molecule has 3 N–H and O–H groups in total. The lowest BCUT2D eigenvalue weighted by Gasteiger charge is -2.25. The van der Waals surface area contributed by atoms with Gasteiger partial charge in [0.15, 0.2) is 0 Å². The Bertz CT molecular complexity index is 790. The monoisotopic (exact) mass is 376 g/mol. The van der Waals surface area contributed by atoms with Gasteiger partial charge in [0.05, 0.1) is 0 Å². The highest BCUT2D eigenvalue weighted by Gasteiger charge is 2.32. The fourth-order valence-electron chi connectivity index (χ4n) is 2.67. The maximum Gasteiger partial charge on any atom is 0.344 e. The zero-order valence-corrected chi connectivity index (χ0v) is 16.3. The van der Waals surface area contributed by atoms with Crippen molar-refractivity contribution >= 4 is 19.2 Å². The Labute approximate surface area is 154 Å². The zero-order chi connectivity index (χ0) is 19.3. The first kappa shape index (κ1) is 20.3. The highest BCUT2D eigenvalue weighted by atomic mass is 31.2. The smallest absolute Gasteiger partial charge is 0.324 e. The van der Waals surface area contributed by atoms with E-state index >= 15 is 0 Å². The average Bonchev–Trinajstić information content (AvgIpc) is 2.63. The quantitative estimate of drug-likeness (QED) is 0.641. The first-order valence-electron chi connectivity index (χ1n) is 8.32. The lowest BCUT2D eigenvalue weighted by atomic mass is 10.0. The lowest BCUT2D eigenvalue weighted by molar-refractivity contribution is -0.118. The summed E-state index contributed by atoms with van der Waals surface area (Å²) < 4.78 is 16.8. The number of carbonyl (C=O) groups excluding carboxylic acids is 1. The first-order valence-corrected chi connectivity index (χ1v) is 9.97. The fraction of sp³-hybridized carbons (Fsp3) is 0.316. The fourth-order valence-corrected chi connectivity index (χ4v) is 3.32. The molecule has 0 radical (unpaired) electrons. The lowest BCUT2D eigenvalue weighted by Crippen LogP contribution is -2.38. The molecule has 2 aromatic rings. The molecule has 140 valence electrons. The van der Waals surface area contributed by atoms with Crippen LogP contribution in [0, 0.1) is 13.8 Å². The first-order chi connectivity index (χ1) is 12.3. The van der Waals surface area contributed by atoms with Gasteiger partial charge in [0.25, 0.3) is 0 Å². The van der Waals surface area contributed by atoms with Crippen molar-refractivity contribution in [3.05, 3.63) is 65.2 Å². The molecule has 2 rings (SSSR count). The van der Waals surface area contributed by atoms with Gasteiger partial charge >= 0.3 is 7.60 Å². The minimum Gasteiger partial charge on any atom is -0.324 e. The number of hydrogen-bond donors (Lipinski definition) is 3. The van der Waals surface area contributed by atoms with E-state index in [2.05, 4.69) is 15.2 Å². The van der Waals surface area contributed by atoms with Gasteiger partial charge in [-0.15, -0.1) is 0 Å². The van der Waals surface area contributed by atoms with Gasteiger partial charge in [0, 0.05) is 12.8 Å². The van der Waals surface area contributed by atoms with Crippen LogP contribution in [0.25, 0.3) is 0 Å². The summed E-state index contributed by atoms with van der Waals surface area (Å²) in [6.07, 6.45) is 0. The largest absolute Gasteiger partial charge is 0.344 e. The molecule has 3 unspecified atom stereocenters. The van der Waals surface area contributed by atoms with Crippen LogP contribution in [0.5, 0.6) is 0 Å². The van der Waals surface area contributed by atoms with Crippen LogP contribution in [0.15, 0.2) is 48.5 Å². The van der Waals surface area contributed by atoms with Crippen molar-refractivity contribution in [3.63, 3.8) is 0 Å². The van der Waals surface area contributed by atoms with Crippen molar-refractivity contribution in [2.75, 3.05) is 12.4 Å². The molecule has 0 bridgehead atoms.